The molecule has 0 saturated carbocycles. The van der Waals surface area contributed by atoms with E-state index < -0.39 is 15.4 Å². The van der Waals surface area contributed by atoms with Gasteiger partial charge in [-0.1, -0.05) is 18.2 Å². The van der Waals surface area contributed by atoms with Crippen molar-refractivity contribution in [1.29, 1.82) is 0 Å². The number of piperidine rings is 1. The van der Waals surface area contributed by atoms with Gasteiger partial charge in [0.1, 0.15) is 5.37 Å². The lowest BCUT2D eigenvalue weighted by atomic mass is 10.1. The van der Waals surface area contributed by atoms with E-state index in [0.717, 1.165) is 12.8 Å². The molecule has 0 aromatic heterocycles. The zero-order chi connectivity index (χ0) is 13.9. The van der Waals surface area contributed by atoms with Gasteiger partial charge in [-0.25, -0.2) is 18.6 Å². The van der Waals surface area contributed by atoms with Crippen molar-refractivity contribution in [2.75, 3.05) is 6.54 Å². The normalized spacial score (nSPS) is 21.0. The minimum absolute atomic E-state index is 0.323. The van der Waals surface area contributed by atoms with Gasteiger partial charge in [0.25, 0.3) is 5.91 Å². The largest absolute Gasteiger partial charge is 0.283 e. The summed E-state index contributed by atoms with van der Waals surface area (Å²) in [4.78, 5) is 12.0. The molecule has 19 heavy (non-hydrogen) atoms. The van der Waals surface area contributed by atoms with Gasteiger partial charge in [-0.3, -0.25) is 10.2 Å². The highest BCUT2D eigenvalue weighted by Gasteiger charge is 2.32. The van der Waals surface area contributed by atoms with E-state index in [2.05, 4.69) is 5.43 Å². The third-order valence-electron chi connectivity index (χ3n) is 3.11. The van der Waals surface area contributed by atoms with Crippen LogP contribution in [0.4, 0.5) is 0 Å². The fraction of sp³-hybridized carbons (Fsp3) is 0.417. The smallest absolute Gasteiger partial charge is 0.265 e. The average Bonchev–Trinajstić information content (AvgIpc) is 2.39. The average molecular weight is 283 g/mol. The summed E-state index contributed by atoms with van der Waals surface area (Å²) in [5, 5.41) is 5.78. The molecule has 1 amide bonds. The van der Waals surface area contributed by atoms with E-state index in [1.165, 1.54) is 5.01 Å². The van der Waals surface area contributed by atoms with Crippen LogP contribution in [0.3, 0.4) is 0 Å². The summed E-state index contributed by atoms with van der Waals surface area (Å²) in [6.45, 7) is 0.486. The fourth-order valence-corrected chi connectivity index (χ4v) is 3.16. The summed E-state index contributed by atoms with van der Waals surface area (Å²) < 4.78 is 23.0. The molecule has 1 aromatic rings. The predicted octanol–water partition coefficient (Wildman–Crippen LogP) is 0.432. The second kappa shape index (κ2) is 5.68. The standard InChI is InChI=1S/C12H17N3O3S/c13-19(17,18)11-8-4-5-9-15(11)14-12(16)10-6-2-1-3-7-10/h1-3,6-7,11H,4-5,8-9H2,(H,14,16)(H2,13,17,18). The molecule has 3 N–H and O–H groups in total. The van der Waals surface area contributed by atoms with E-state index in [-0.39, 0.29) is 5.91 Å². The highest BCUT2D eigenvalue weighted by Crippen LogP contribution is 2.18. The van der Waals surface area contributed by atoms with E-state index in [0.29, 0.717) is 18.5 Å². The summed E-state index contributed by atoms with van der Waals surface area (Å²) in [5.74, 6) is -0.323. The number of nitrogens with one attached hydrogen (secondary N) is 1. The molecule has 7 heteroatoms. The maximum atomic E-state index is 12.0. The van der Waals surface area contributed by atoms with E-state index in [9.17, 15) is 13.2 Å². The minimum Gasteiger partial charge on any atom is -0.283 e. The molecule has 0 spiro atoms. The molecule has 1 aliphatic rings. The molecule has 1 unspecified atom stereocenters. The van der Waals surface area contributed by atoms with Crippen molar-refractivity contribution < 1.29 is 13.2 Å². The molecule has 1 heterocycles. The topological polar surface area (TPSA) is 92.5 Å². The van der Waals surface area contributed by atoms with Gasteiger partial charge in [0.15, 0.2) is 0 Å². The number of hydrogen-bond acceptors (Lipinski definition) is 4. The van der Waals surface area contributed by atoms with Gasteiger partial charge < -0.3 is 0 Å². The van der Waals surface area contributed by atoms with Crippen LogP contribution in [0.25, 0.3) is 0 Å². The van der Waals surface area contributed by atoms with Gasteiger partial charge in [0, 0.05) is 12.1 Å². The number of amides is 1. The number of hydrazine groups is 1. The summed E-state index contributed by atoms with van der Waals surface area (Å²) in [7, 11) is -3.69. The SMILES string of the molecule is NS(=O)(=O)C1CCCCN1NC(=O)c1ccccc1. The Kier molecular flexibility index (Phi) is 4.18. The van der Waals surface area contributed by atoms with Crippen LogP contribution in [0, 0.1) is 0 Å². The quantitative estimate of drug-likeness (QED) is 0.841. The number of carbonyl (C=O) groups excluding carboxylic acids is 1. The molecular weight excluding hydrogens is 266 g/mol. The third kappa shape index (κ3) is 3.52. The first-order chi connectivity index (χ1) is 8.98. The Morgan fingerprint density at radius 1 is 1.26 bits per heavy atom. The number of nitrogens with two attached hydrogens (primary N) is 1. The number of rotatable bonds is 3. The number of nitrogens with zero attached hydrogens (tertiary/aromatic N) is 1. The molecular formula is C12H17N3O3S. The predicted molar refractivity (Wildman–Crippen MR) is 71.4 cm³/mol. The minimum atomic E-state index is -3.69. The first kappa shape index (κ1) is 14.0. The molecule has 1 fully saturated rings. The zero-order valence-electron chi connectivity index (χ0n) is 10.5. The Labute approximate surface area is 112 Å². The molecule has 0 aliphatic carbocycles. The van der Waals surface area contributed by atoms with Gasteiger partial charge in [-0.15, -0.1) is 0 Å². The van der Waals surface area contributed by atoms with E-state index in [4.69, 9.17) is 5.14 Å². The van der Waals surface area contributed by atoms with Crippen LogP contribution in [-0.2, 0) is 10.0 Å². The second-order valence-electron chi connectivity index (χ2n) is 4.54. The summed E-state index contributed by atoms with van der Waals surface area (Å²) in [5.41, 5.74) is 3.11. The van der Waals surface area contributed by atoms with Crippen molar-refractivity contribution in [3.8, 4) is 0 Å². The van der Waals surface area contributed by atoms with Crippen molar-refractivity contribution in [3.05, 3.63) is 35.9 Å². The first-order valence-corrected chi connectivity index (χ1v) is 7.74. The van der Waals surface area contributed by atoms with Crippen molar-refractivity contribution >= 4 is 15.9 Å². The van der Waals surface area contributed by atoms with E-state index in [1.807, 2.05) is 6.07 Å². The van der Waals surface area contributed by atoms with E-state index in [1.54, 1.807) is 24.3 Å². The van der Waals surface area contributed by atoms with Crippen molar-refractivity contribution in [3.63, 3.8) is 0 Å². The van der Waals surface area contributed by atoms with Crippen LogP contribution in [0.15, 0.2) is 30.3 Å². The summed E-state index contributed by atoms with van der Waals surface area (Å²) >= 11 is 0. The molecule has 1 aromatic carbocycles. The molecule has 0 bridgehead atoms. The molecule has 1 aliphatic heterocycles. The Bertz CT molecular complexity index is 545. The van der Waals surface area contributed by atoms with Gasteiger partial charge in [0.05, 0.1) is 0 Å². The molecule has 1 atom stereocenters. The maximum absolute atomic E-state index is 12.0. The monoisotopic (exact) mass is 283 g/mol. The lowest BCUT2D eigenvalue weighted by molar-refractivity contribution is 0.0703. The van der Waals surface area contributed by atoms with Gasteiger partial charge >= 0.3 is 0 Å². The van der Waals surface area contributed by atoms with Crippen LogP contribution in [0.5, 0.6) is 0 Å². The zero-order valence-corrected chi connectivity index (χ0v) is 11.3. The molecule has 1 saturated heterocycles. The maximum Gasteiger partial charge on any atom is 0.265 e. The van der Waals surface area contributed by atoms with Crippen LogP contribution in [0.2, 0.25) is 0 Å². The summed E-state index contributed by atoms with van der Waals surface area (Å²) in [6.07, 6.45) is 2.06. The number of primary sulfonamides is 1. The first-order valence-electron chi connectivity index (χ1n) is 6.13. The Morgan fingerprint density at radius 3 is 2.58 bits per heavy atom. The second-order valence-corrected chi connectivity index (χ2v) is 6.26. The Balaban J connectivity index is 2.10. The van der Waals surface area contributed by atoms with Crippen LogP contribution >= 0.6 is 0 Å². The fourth-order valence-electron chi connectivity index (χ4n) is 2.15. The number of benzene rings is 1. The Hall–Kier alpha value is -1.44. The van der Waals surface area contributed by atoms with Gasteiger partial charge in [-0.2, -0.15) is 0 Å². The highest BCUT2D eigenvalue weighted by molar-refractivity contribution is 7.89. The third-order valence-corrected chi connectivity index (χ3v) is 4.36. The molecule has 104 valence electrons. The number of hydrogen-bond donors (Lipinski definition) is 2. The summed E-state index contributed by atoms with van der Waals surface area (Å²) in [6, 6.07) is 8.66. The lowest BCUT2D eigenvalue weighted by Crippen LogP contribution is -2.55. The van der Waals surface area contributed by atoms with Gasteiger partial charge in [0.2, 0.25) is 10.0 Å². The van der Waals surface area contributed by atoms with Crippen LogP contribution < -0.4 is 10.6 Å². The van der Waals surface area contributed by atoms with Crippen molar-refractivity contribution in [2.45, 2.75) is 24.6 Å². The van der Waals surface area contributed by atoms with E-state index >= 15 is 0 Å². The molecule has 2 rings (SSSR count). The molecule has 6 nitrogen and oxygen atoms in total. The molecule has 0 radical (unpaired) electrons. The lowest BCUT2D eigenvalue weighted by Gasteiger charge is -2.33. The van der Waals surface area contributed by atoms with Crippen LogP contribution in [0.1, 0.15) is 29.6 Å². The Morgan fingerprint density at radius 2 is 1.95 bits per heavy atom. The van der Waals surface area contributed by atoms with Gasteiger partial charge in [-0.05, 0) is 31.4 Å². The number of sulfonamides is 1. The van der Waals surface area contributed by atoms with Crippen LogP contribution in [-0.4, -0.2) is 31.3 Å². The highest BCUT2D eigenvalue weighted by atomic mass is 32.2. The number of carbonyl (C=O) groups is 1. The van der Waals surface area contributed by atoms with Crippen molar-refractivity contribution in [2.24, 2.45) is 5.14 Å². The van der Waals surface area contributed by atoms with Crippen molar-refractivity contribution in [1.82, 2.24) is 10.4 Å².